The second-order valence-corrected chi connectivity index (χ2v) is 4.73. The molecule has 108 valence electrons. The monoisotopic (exact) mass is 277 g/mol. The second kappa shape index (κ2) is 7.63. The van der Waals surface area contributed by atoms with E-state index < -0.39 is 5.82 Å². The Bertz CT molecular complexity index is 532. The van der Waals surface area contributed by atoms with Crippen LogP contribution in [0.5, 0.6) is 0 Å². The van der Waals surface area contributed by atoms with Crippen LogP contribution in [-0.4, -0.2) is 56.5 Å². The number of nitrogens with zero attached hydrogens (tertiary/aromatic N) is 2. The Hall–Kier alpha value is -1.90. The lowest BCUT2D eigenvalue weighted by Crippen LogP contribution is -2.33. The summed E-state index contributed by atoms with van der Waals surface area (Å²) in [6, 6.07) is 4.01. The van der Waals surface area contributed by atoms with Gasteiger partial charge in [-0.1, -0.05) is 11.8 Å². The largest absolute Gasteiger partial charge is 0.340 e. The molecule has 0 radical (unpaired) electrons. The molecule has 2 N–H and O–H groups in total. The van der Waals surface area contributed by atoms with E-state index in [9.17, 15) is 9.18 Å². The summed E-state index contributed by atoms with van der Waals surface area (Å²) in [5.41, 5.74) is 6.09. The average Bonchev–Trinajstić information content (AvgIpc) is 2.42. The zero-order chi connectivity index (χ0) is 15.1. The number of nitrogens with two attached hydrogens (primary N) is 1. The van der Waals surface area contributed by atoms with Crippen LogP contribution in [0.4, 0.5) is 4.39 Å². The van der Waals surface area contributed by atoms with Crippen LogP contribution >= 0.6 is 0 Å². The van der Waals surface area contributed by atoms with Crippen LogP contribution in [0, 0.1) is 17.7 Å². The van der Waals surface area contributed by atoms with Gasteiger partial charge in [0.15, 0.2) is 0 Å². The van der Waals surface area contributed by atoms with Gasteiger partial charge >= 0.3 is 0 Å². The van der Waals surface area contributed by atoms with Gasteiger partial charge in [-0.2, -0.15) is 0 Å². The van der Waals surface area contributed by atoms with Crippen LogP contribution in [0.25, 0.3) is 0 Å². The first kappa shape index (κ1) is 16.2. The molecule has 0 aliphatic carbocycles. The molecule has 1 amide bonds. The molecule has 1 aromatic carbocycles. The molecule has 0 saturated carbocycles. The van der Waals surface area contributed by atoms with Crippen LogP contribution in [0.1, 0.15) is 15.9 Å². The number of carbonyl (C=O) groups excluding carboxylic acids is 1. The zero-order valence-corrected chi connectivity index (χ0v) is 12.1. The summed E-state index contributed by atoms with van der Waals surface area (Å²) in [6.45, 7) is 1.49. The number of halogens is 1. The summed E-state index contributed by atoms with van der Waals surface area (Å²) in [5, 5.41) is 0. The van der Waals surface area contributed by atoms with E-state index in [0.717, 1.165) is 6.54 Å². The third-order valence-electron chi connectivity index (χ3n) is 2.77. The Morgan fingerprint density at radius 3 is 2.60 bits per heavy atom. The SMILES string of the molecule is CN(C)CCN(C)C(=O)c1cc(F)ccc1C#CCN. The van der Waals surface area contributed by atoms with Crippen molar-refractivity contribution in [1.29, 1.82) is 0 Å². The van der Waals surface area contributed by atoms with Crippen molar-refractivity contribution in [3.63, 3.8) is 0 Å². The highest BCUT2D eigenvalue weighted by molar-refractivity contribution is 5.96. The van der Waals surface area contributed by atoms with E-state index in [0.29, 0.717) is 12.1 Å². The molecule has 0 heterocycles. The maximum Gasteiger partial charge on any atom is 0.255 e. The topological polar surface area (TPSA) is 49.6 Å². The molecular weight excluding hydrogens is 257 g/mol. The maximum atomic E-state index is 13.4. The van der Waals surface area contributed by atoms with Crippen LogP contribution in [0.2, 0.25) is 0 Å². The van der Waals surface area contributed by atoms with Crippen molar-refractivity contribution >= 4 is 5.91 Å². The minimum Gasteiger partial charge on any atom is -0.340 e. The highest BCUT2D eigenvalue weighted by Crippen LogP contribution is 2.12. The first-order chi connectivity index (χ1) is 9.45. The summed E-state index contributed by atoms with van der Waals surface area (Å²) >= 11 is 0. The molecule has 0 fully saturated rings. The zero-order valence-electron chi connectivity index (χ0n) is 12.1. The molecular formula is C15H20FN3O. The second-order valence-electron chi connectivity index (χ2n) is 4.73. The molecule has 4 nitrogen and oxygen atoms in total. The summed E-state index contributed by atoms with van der Waals surface area (Å²) < 4.78 is 13.4. The fraction of sp³-hybridized carbons (Fsp3) is 0.400. The van der Waals surface area contributed by atoms with Crippen LogP contribution in [0.3, 0.4) is 0 Å². The summed E-state index contributed by atoms with van der Waals surface area (Å²) in [7, 11) is 5.55. The molecule has 0 spiro atoms. The van der Waals surface area contributed by atoms with E-state index in [4.69, 9.17) is 5.73 Å². The predicted octanol–water partition coefficient (Wildman–Crippen LogP) is 0.770. The van der Waals surface area contributed by atoms with Gasteiger partial charge in [0.25, 0.3) is 5.91 Å². The van der Waals surface area contributed by atoms with Gasteiger partial charge in [-0.15, -0.1) is 0 Å². The smallest absolute Gasteiger partial charge is 0.255 e. The third kappa shape index (κ3) is 4.65. The van der Waals surface area contributed by atoms with Crippen molar-refractivity contribution in [2.24, 2.45) is 5.73 Å². The van der Waals surface area contributed by atoms with Gasteiger partial charge in [0, 0.05) is 25.7 Å². The Morgan fingerprint density at radius 2 is 2.00 bits per heavy atom. The quantitative estimate of drug-likeness (QED) is 0.827. The number of hydrogen-bond donors (Lipinski definition) is 1. The Kier molecular flexibility index (Phi) is 6.16. The molecule has 20 heavy (non-hydrogen) atoms. The Morgan fingerprint density at radius 1 is 1.30 bits per heavy atom. The molecule has 0 aliphatic rings. The minimum atomic E-state index is -0.451. The third-order valence-corrected chi connectivity index (χ3v) is 2.77. The minimum absolute atomic E-state index is 0.196. The summed E-state index contributed by atoms with van der Waals surface area (Å²) in [4.78, 5) is 15.9. The number of hydrogen-bond acceptors (Lipinski definition) is 3. The Balaban J connectivity index is 2.98. The first-order valence-electron chi connectivity index (χ1n) is 6.34. The number of likely N-dealkylation sites (N-methyl/N-ethyl adjacent to an activating group) is 2. The average molecular weight is 277 g/mol. The molecule has 1 rings (SSSR count). The van der Waals surface area contributed by atoms with E-state index in [2.05, 4.69) is 11.8 Å². The van der Waals surface area contributed by atoms with E-state index in [1.54, 1.807) is 11.9 Å². The highest BCUT2D eigenvalue weighted by atomic mass is 19.1. The molecule has 5 heteroatoms. The lowest BCUT2D eigenvalue weighted by atomic mass is 10.1. The van der Waals surface area contributed by atoms with E-state index in [1.807, 2.05) is 19.0 Å². The van der Waals surface area contributed by atoms with Crippen molar-refractivity contribution < 1.29 is 9.18 Å². The molecule has 0 aliphatic heterocycles. The molecule has 0 unspecified atom stereocenters. The van der Waals surface area contributed by atoms with Gasteiger partial charge in [0.05, 0.1) is 12.1 Å². The number of carbonyl (C=O) groups is 1. The fourth-order valence-corrected chi connectivity index (χ4v) is 1.61. The van der Waals surface area contributed by atoms with Gasteiger partial charge in [0.1, 0.15) is 5.82 Å². The number of amides is 1. The molecule has 0 saturated heterocycles. The van der Waals surface area contributed by atoms with Crippen molar-refractivity contribution in [2.75, 3.05) is 40.8 Å². The van der Waals surface area contributed by atoms with Crippen molar-refractivity contribution in [1.82, 2.24) is 9.80 Å². The number of rotatable bonds is 4. The summed E-state index contributed by atoms with van der Waals surface area (Å²) in [5.74, 6) is 4.79. The van der Waals surface area contributed by atoms with Gasteiger partial charge in [-0.25, -0.2) is 4.39 Å². The maximum absolute atomic E-state index is 13.4. The molecule has 0 atom stereocenters. The van der Waals surface area contributed by atoms with E-state index in [1.165, 1.54) is 18.2 Å². The van der Waals surface area contributed by atoms with Gasteiger partial charge in [-0.05, 0) is 32.3 Å². The highest BCUT2D eigenvalue weighted by Gasteiger charge is 2.16. The lowest BCUT2D eigenvalue weighted by molar-refractivity contribution is 0.0785. The van der Waals surface area contributed by atoms with Crippen molar-refractivity contribution in [2.45, 2.75) is 0 Å². The van der Waals surface area contributed by atoms with E-state index in [-0.39, 0.29) is 18.0 Å². The predicted molar refractivity (Wildman–Crippen MR) is 77.8 cm³/mol. The fourth-order valence-electron chi connectivity index (χ4n) is 1.61. The molecule has 1 aromatic rings. The number of benzene rings is 1. The van der Waals surface area contributed by atoms with Gasteiger partial charge in [-0.3, -0.25) is 4.79 Å². The van der Waals surface area contributed by atoms with Gasteiger partial charge < -0.3 is 15.5 Å². The lowest BCUT2D eigenvalue weighted by Gasteiger charge is -2.20. The van der Waals surface area contributed by atoms with Crippen LogP contribution in [-0.2, 0) is 0 Å². The van der Waals surface area contributed by atoms with Crippen LogP contribution in [0.15, 0.2) is 18.2 Å². The van der Waals surface area contributed by atoms with Gasteiger partial charge in [0.2, 0.25) is 0 Å². The van der Waals surface area contributed by atoms with Crippen molar-refractivity contribution in [3.05, 3.63) is 35.1 Å². The summed E-state index contributed by atoms with van der Waals surface area (Å²) in [6.07, 6.45) is 0. The van der Waals surface area contributed by atoms with Crippen LogP contribution < -0.4 is 5.73 Å². The van der Waals surface area contributed by atoms with E-state index >= 15 is 0 Å². The molecule has 0 bridgehead atoms. The van der Waals surface area contributed by atoms with Crippen molar-refractivity contribution in [3.8, 4) is 11.8 Å². The Labute approximate surface area is 119 Å². The first-order valence-corrected chi connectivity index (χ1v) is 6.34. The molecule has 0 aromatic heterocycles. The normalized spacial score (nSPS) is 10.1. The standard InChI is InChI=1S/C15H20FN3O/c1-18(2)9-10-19(3)15(20)14-11-13(16)7-6-12(14)5-4-8-17/h6-7,11H,8-10,17H2,1-3H3.